The number of carboxylic acids is 1. The Morgan fingerprint density at radius 3 is 2.62 bits per heavy atom. The van der Waals surface area contributed by atoms with Gasteiger partial charge in [-0.15, -0.1) is 0 Å². The van der Waals surface area contributed by atoms with E-state index in [1.165, 1.54) is 11.0 Å². The standard InChI is InChI=1S/C22H30F3N3O4/c1-15-11-18(29)14-26(13-15)7-5-19(21(31)32)28-10-9-27(8-6-20(28)30)17-4-2-3-16(12-17)22(23,24)25/h2-4,12,15,18-19,29H,5-11,13-14H2,1H3,(H,31,32)/t15-,18-,19-/m0/s1. The summed E-state index contributed by atoms with van der Waals surface area (Å²) < 4.78 is 39.2. The SMILES string of the molecule is C[C@H]1C[C@H](O)CN(CC[C@@H](C(=O)O)N2CCN(c3cccc(C(F)(F)F)c3)CCC2=O)C1. The van der Waals surface area contributed by atoms with Gasteiger partial charge < -0.3 is 24.9 Å². The molecule has 2 N–H and O–H groups in total. The Hall–Kier alpha value is -2.33. The maximum atomic E-state index is 13.1. The normalized spacial score (nSPS) is 24.3. The molecule has 2 aliphatic heterocycles. The zero-order valence-electron chi connectivity index (χ0n) is 18.1. The summed E-state index contributed by atoms with van der Waals surface area (Å²) in [7, 11) is 0. The van der Waals surface area contributed by atoms with E-state index in [4.69, 9.17) is 0 Å². The minimum Gasteiger partial charge on any atom is -0.480 e. The number of carbonyl (C=O) groups is 2. The number of aliphatic carboxylic acids is 1. The summed E-state index contributed by atoms with van der Waals surface area (Å²) in [6.45, 7) is 4.30. The fourth-order valence-corrected chi connectivity index (χ4v) is 4.63. The number of alkyl halides is 3. The molecule has 1 aromatic carbocycles. The minimum atomic E-state index is -4.46. The van der Waals surface area contributed by atoms with Gasteiger partial charge in [0.2, 0.25) is 5.91 Å². The van der Waals surface area contributed by atoms with E-state index in [9.17, 15) is 33.0 Å². The van der Waals surface area contributed by atoms with Gasteiger partial charge >= 0.3 is 12.1 Å². The Kier molecular flexibility index (Phi) is 7.66. The van der Waals surface area contributed by atoms with Crippen molar-refractivity contribution in [2.24, 2.45) is 5.92 Å². The average Bonchev–Trinajstić information content (AvgIpc) is 2.89. The third-order valence-corrected chi connectivity index (χ3v) is 6.16. The third-order valence-electron chi connectivity index (χ3n) is 6.16. The molecule has 0 unspecified atom stereocenters. The lowest BCUT2D eigenvalue weighted by atomic mass is 9.97. The largest absolute Gasteiger partial charge is 0.480 e. The van der Waals surface area contributed by atoms with Gasteiger partial charge in [0.15, 0.2) is 0 Å². The highest BCUT2D eigenvalue weighted by Gasteiger charge is 2.34. The van der Waals surface area contributed by atoms with Crippen LogP contribution >= 0.6 is 0 Å². The first-order chi connectivity index (χ1) is 15.0. The number of anilines is 1. The number of aliphatic hydroxyl groups excluding tert-OH is 1. The van der Waals surface area contributed by atoms with Gasteiger partial charge in [-0.3, -0.25) is 4.79 Å². The Labute approximate surface area is 185 Å². The predicted octanol–water partition coefficient (Wildman–Crippen LogP) is 2.29. The molecule has 1 amide bonds. The van der Waals surface area contributed by atoms with Crippen molar-refractivity contribution in [3.8, 4) is 0 Å². The first-order valence-corrected chi connectivity index (χ1v) is 10.9. The van der Waals surface area contributed by atoms with Crippen LogP contribution in [0.1, 0.15) is 31.7 Å². The van der Waals surface area contributed by atoms with Crippen molar-refractivity contribution in [3.63, 3.8) is 0 Å². The van der Waals surface area contributed by atoms with Gasteiger partial charge in [-0.25, -0.2) is 4.79 Å². The predicted molar refractivity (Wildman–Crippen MR) is 112 cm³/mol. The topological polar surface area (TPSA) is 84.3 Å². The maximum absolute atomic E-state index is 13.1. The van der Waals surface area contributed by atoms with Crippen LogP contribution in [0.15, 0.2) is 24.3 Å². The molecule has 0 aromatic heterocycles. The smallest absolute Gasteiger partial charge is 0.416 e. The van der Waals surface area contributed by atoms with E-state index in [-0.39, 0.29) is 38.4 Å². The second-order valence-corrected chi connectivity index (χ2v) is 8.77. The van der Waals surface area contributed by atoms with Gasteiger partial charge in [0, 0.05) is 51.4 Å². The van der Waals surface area contributed by atoms with Gasteiger partial charge in [0.25, 0.3) is 0 Å². The quantitative estimate of drug-likeness (QED) is 0.682. The Bertz CT molecular complexity index is 810. The zero-order chi connectivity index (χ0) is 23.5. The van der Waals surface area contributed by atoms with E-state index in [1.54, 1.807) is 11.0 Å². The molecule has 2 heterocycles. The van der Waals surface area contributed by atoms with Crippen molar-refractivity contribution in [2.75, 3.05) is 44.2 Å². The molecule has 0 saturated carbocycles. The van der Waals surface area contributed by atoms with Crippen LogP contribution in [-0.4, -0.2) is 83.3 Å². The van der Waals surface area contributed by atoms with E-state index in [2.05, 4.69) is 0 Å². The molecule has 1 aromatic rings. The molecule has 178 valence electrons. The Morgan fingerprint density at radius 2 is 1.97 bits per heavy atom. The van der Waals surface area contributed by atoms with E-state index in [1.807, 2.05) is 11.8 Å². The number of likely N-dealkylation sites (tertiary alicyclic amines) is 1. The Balaban J connectivity index is 1.67. The van der Waals surface area contributed by atoms with Crippen molar-refractivity contribution in [3.05, 3.63) is 29.8 Å². The van der Waals surface area contributed by atoms with E-state index in [0.717, 1.165) is 25.1 Å². The minimum absolute atomic E-state index is 0.0273. The summed E-state index contributed by atoms with van der Waals surface area (Å²) in [6.07, 6.45) is -3.93. The van der Waals surface area contributed by atoms with Crippen LogP contribution < -0.4 is 4.90 Å². The molecule has 0 radical (unpaired) electrons. The van der Waals surface area contributed by atoms with Crippen molar-refractivity contribution >= 4 is 17.6 Å². The fraction of sp³-hybridized carbons (Fsp3) is 0.636. The molecule has 0 spiro atoms. The van der Waals surface area contributed by atoms with E-state index in [0.29, 0.717) is 24.7 Å². The van der Waals surface area contributed by atoms with Crippen LogP contribution in [0.5, 0.6) is 0 Å². The number of halogens is 3. The van der Waals surface area contributed by atoms with Crippen molar-refractivity contribution in [2.45, 2.75) is 44.5 Å². The number of nitrogens with zero attached hydrogens (tertiary/aromatic N) is 3. The molecular weight excluding hydrogens is 427 g/mol. The second kappa shape index (κ2) is 10.1. The molecule has 7 nitrogen and oxygen atoms in total. The zero-order valence-corrected chi connectivity index (χ0v) is 18.1. The average molecular weight is 457 g/mol. The van der Waals surface area contributed by atoms with Gasteiger partial charge in [-0.2, -0.15) is 13.2 Å². The van der Waals surface area contributed by atoms with E-state index >= 15 is 0 Å². The van der Waals surface area contributed by atoms with Crippen LogP contribution in [0.4, 0.5) is 18.9 Å². The monoisotopic (exact) mass is 457 g/mol. The number of amides is 1. The second-order valence-electron chi connectivity index (χ2n) is 8.77. The van der Waals surface area contributed by atoms with Crippen LogP contribution in [0, 0.1) is 5.92 Å². The van der Waals surface area contributed by atoms with Gasteiger partial charge in [-0.05, 0) is 37.0 Å². The lowest BCUT2D eigenvalue weighted by molar-refractivity contribution is -0.150. The molecular formula is C22H30F3N3O4. The number of piperidine rings is 1. The highest BCUT2D eigenvalue weighted by molar-refractivity contribution is 5.84. The number of aliphatic hydroxyl groups is 1. The summed E-state index contributed by atoms with van der Waals surface area (Å²) in [5.41, 5.74) is -0.401. The number of rotatable bonds is 6. The molecule has 10 heteroatoms. The molecule has 2 aliphatic rings. The molecule has 3 atom stereocenters. The van der Waals surface area contributed by atoms with Crippen LogP contribution in [0.3, 0.4) is 0 Å². The first kappa shape index (κ1) is 24.3. The number of benzene rings is 1. The molecule has 2 saturated heterocycles. The highest BCUT2D eigenvalue weighted by atomic mass is 19.4. The van der Waals surface area contributed by atoms with Crippen LogP contribution in [-0.2, 0) is 15.8 Å². The summed E-state index contributed by atoms with van der Waals surface area (Å²) in [5, 5.41) is 19.7. The lowest BCUT2D eigenvalue weighted by Crippen LogP contribution is -2.49. The summed E-state index contributed by atoms with van der Waals surface area (Å²) in [4.78, 5) is 29.7. The van der Waals surface area contributed by atoms with Gasteiger partial charge in [-0.1, -0.05) is 13.0 Å². The number of carboxylic acid groups (broad SMARTS) is 1. The van der Waals surface area contributed by atoms with E-state index < -0.39 is 29.9 Å². The molecule has 0 bridgehead atoms. The molecule has 32 heavy (non-hydrogen) atoms. The molecule has 0 aliphatic carbocycles. The maximum Gasteiger partial charge on any atom is 0.416 e. The number of carbonyl (C=O) groups excluding carboxylic acids is 1. The molecule has 3 rings (SSSR count). The lowest BCUT2D eigenvalue weighted by Gasteiger charge is -2.36. The van der Waals surface area contributed by atoms with Crippen molar-refractivity contribution in [1.82, 2.24) is 9.80 Å². The van der Waals surface area contributed by atoms with Gasteiger partial charge in [0.05, 0.1) is 11.7 Å². The van der Waals surface area contributed by atoms with Crippen LogP contribution in [0.25, 0.3) is 0 Å². The molecule has 2 fully saturated rings. The number of β-amino-alcohol motifs (C(OH)–C–C–N with tert-alkyl or cyclic N) is 1. The van der Waals surface area contributed by atoms with Crippen molar-refractivity contribution in [1.29, 1.82) is 0 Å². The number of hydrogen-bond acceptors (Lipinski definition) is 5. The highest BCUT2D eigenvalue weighted by Crippen LogP contribution is 2.32. The third kappa shape index (κ3) is 6.13. The Morgan fingerprint density at radius 1 is 1.22 bits per heavy atom. The summed E-state index contributed by atoms with van der Waals surface area (Å²) in [5.74, 6) is -1.11. The summed E-state index contributed by atoms with van der Waals surface area (Å²) >= 11 is 0. The number of hydrogen-bond donors (Lipinski definition) is 2. The van der Waals surface area contributed by atoms with Crippen LogP contribution in [0.2, 0.25) is 0 Å². The van der Waals surface area contributed by atoms with Crippen molar-refractivity contribution < 1.29 is 33.0 Å². The fourth-order valence-electron chi connectivity index (χ4n) is 4.63. The van der Waals surface area contributed by atoms with Gasteiger partial charge in [0.1, 0.15) is 6.04 Å². The first-order valence-electron chi connectivity index (χ1n) is 10.9. The summed E-state index contributed by atoms with van der Waals surface area (Å²) in [6, 6.07) is 3.93.